The number of hydrogen-bond acceptors (Lipinski definition) is 4. The monoisotopic (exact) mass is 278 g/mol. The third-order valence-electron chi connectivity index (χ3n) is 3.83. The summed E-state index contributed by atoms with van der Waals surface area (Å²) in [5.41, 5.74) is 6.94. The Labute approximate surface area is 121 Å². The number of benzene rings is 1. The highest BCUT2D eigenvalue weighted by Crippen LogP contribution is 2.29. The maximum Gasteiger partial charge on any atom is 0.161 e. The molecular weight excluding hydrogens is 252 g/mol. The van der Waals surface area contributed by atoms with Crippen molar-refractivity contribution in [2.45, 2.75) is 32.2 Å². The molecule has 0 aliphatic carbocycles. The second kappa shape index (κ2) is 7.50. The third kappa shape index (κ3) is 4.12. The molecule has 0 bridgehead atoms. The average molecular weight is 278 g/mol. The molecule has 0 spiro atoms. The lowest BCUT2D eigenvalue weighted by Crippen LogP contribution is -2.33. The molecule has 0 saturated carbocycles. The van der Waals surface area contributed by atoms with Crippen LogP contribution in [0.25, 0.3) is 0 Å². The van der Waals surface area contributed by atoms with Gasteiger partial charge < -0.3 is 15.2 Å². The van der Waals surface area contributed by atoms with Crippen molar-refractivity contribution in [3.63, 3.8) is 0 Å². The highest BCUT2D eigenvalue weighted by molar-refractivity contribution is 5.43. The van der Waals surface area contributed by atoms with E-state index in [9.17, 15) is 0 Å². The summed E-state index contributed by atoms with van der Waals surface area (Å²) >= 11 is 0. The number of methoxy groups -OCH3 is 1. The molecule has 1 saturated heterocycles. The summed E-state index contributed by atoms with van der Waals surface area (Å²) in [6, 6.07) is 5.92. The van der Waals surface area contributed by atoms with Gasteiger partial charge in [0.15, 0.2) is 11.5 Å². The number of rotatable bonds is 6. The van der Waals surface area contributed by atoms with Gasteiger partial charge in [-0.05, 0) is 50.6 Å². The fourth-order valence-corrected chi connectivity index (χ4v) is 2.55. The maximum absolute atomic E-state index is 5.88. The van der Waals surface area contributed by atoms with Crippen molar-refractivity contribution < 1.29 is 9.47 Å². The van der Waals surface area contributed by atoms with Crippen molar-refractivity contribution in [1.29, 1.82) is 0 Å². The first-order chi connectivity index (χ1) is 9.70. The van der Waals surface area contributed by atoms with E-state index in [1.165, 1.54) is 32.4 Å². The molecule has 1 unspecified atom stereocenters. The number of piperidine rings is 1. The summed E-state index contributed by atoms with van der Waals surface area (Å²) in [6.07, 6.45) is 3.99. The summed E-state index contributed by atoms with van der Waals surface area (Å²) < 4.78 is 11.2. The molecule has 1 atom stereocenters. The Hall–Kier alpha value is -1.26. The summed E-state index contributed by atoms with van der Waals surface area (Å²) in [7, 11) is 1.66. The minimum absolute atomic E-state index is 0.00583. The molecule has 112 valence electrons. The summed E-state index contributed by atoms with van der Waals surface area (Å²) in [5, 5.41) is 0. The standard InChI is InChI=1S/C16H26N2O2/c1-13(17)14-6-7-15(16(12-14)19-2)20-11-10-18-8-4-3-5-9-18/h6-7,12-13H,3-5,8-11,17H2,1-2H3. The van der Waals surface area contributed by atoms with E-state index < -0.39 is 0 Å². The van der Waals surface area contributed by atoms with Gasteiger partial charge >= 0.3 is 0 Å². The molecule has 1 heterocycles. The van der Waals surface area contributed by atoms with E-state index in [4.69, 9.17) is 15.2 Å². The minimum atomic E-state index is 0.00583. The van der Waals surface area contributed by atoms with Crippen LogP contribution >= 0.6 is 0 Å². The molecule has 2 rings (SSSR count). The van der Waals surface area contributed by atoms with Gasteiger partial charge in [0.05, 0.1) is 7.11 Å². The van der Waals surface area contributed by atoms with Crippen LogP contribution in [0.4, 0.5) is 0 Å². The molecule has 1 aromatic carbocycles. The highest BCUT2D eigenvalue weighted by Gasteiger charge is 2.11. The van der Waals surface area contributed by atoms with Gasteiger partial charge in [-0.25, -0.2) is 0 Å². The van der Waals surface area contributed by atoms with E-state index in [1.807, 2.05) is 25.1 Å². The molecule has 0 radical (unpaired) electrons. The molecule has 4 nitrogen and oxygen atoms in total. The van der Waals surface area contributed by atoms with Crippen molar-refractivity contribution in [1.82, 2.24) is 4.90 Å². The zero-order valence-electron chi connectivity index (χ0n) is 12.6. The van der Waals surface area contributed by atoms with Crippen LogP contribution in [0.5, 0.6) is 11.5 Å². The molecule has 20 heavy (non-hydrogen) atoms. The Morgan fingerprint density at radius 1 is 1.20 bits per heavy atom. The summed E-state index contributed by atoms with van der Waals surface area (Å²) in [6.45, 7) is 6.05. The second-order valence-corrected chi connectivity index (χ2v) is 5.45. The zero-order chi connectivity index (χ0) is 14.4. The van der Waals surface area contributed by atoms with Crippen molar-refractivity contribution in [3.05, 3.63) is 23.8 Å². The number of hydrogen-bond donors (Lipinski definition) is 1. The van der Waals surface area contributed by atoms with Crippen molar-refractivity contribution in [2.24, 2.45) is 5.73 Å². The van der Waals surface area contributed by atoms with Gasteiger partial charge in [0.25, 0.3) is 0 Å². The maximum atomic E-state index is 5.88. The SMILES string of the molecule is COc1cc(C(C)N)ccc1OCCN1CCCCC1. The fraction of sp³-hybridized carbons (Fsp3) is 0.625. The van der Waals surface area contributed by atoms with Crippen molar-refractivity contribution in [3.8, 4) is 11.5 Å². The van der Waals surface area contributed by atoms with Gasteiger partial charge in [-0.2, -0.15) is 0 Å². The van der Waals surface area contributed by atoms with Crippen LogP contribution in [0.3, 0.4) is 0 Å². The fourth-order valence-electron chi connectivity index (χ4n) is 2.55. The minimum Gasteiger partial charge on any atom is -0.493 e. The topological polar surface area (TPSA) is 47.7 Å². The van der Waals surface area contributed by atoms with E-state index in [1.54, 1.807) is 7.11 Å². The lowest BCUT2D eigenvalue weighted by Gasteiger charge is -2.26. The normalized spacial score (nSPS) is 17.8. The van der Waals surface area contributed by atoms with E-state index in [-0.39, 0.29) is 6.04 Å². The third-order valence-corrected chi connectivity index (χ3v) is 3.83. The summed E-state index contributed by atoms with van der Waals surface area (Å²) in [4.78, 5) is 2.46. The van der Waals surface area contributed by atoms with Crippen LogP contribution in [-0.2, 0) is 0 Å². The Kier molecular flexibility index (Phi) is 5.68. The van der Waals surface area contributed by atoms with Gasteiger partial charge in [-0.1, -0.05) is 12.5 Å². The van der Waals surface area contributed by atoms with Crippen molar-refractivity contribution in [2.75, 3.05) is 33.4 Å². The van der Waals surface area contributed by atoms with Gasteiger partial charge in [0.1, 0.15) is 6.61 Å². The molecular formula is C16H26N2O2. The zero-order valence-corrected chi connectivity index (χ0v) is 12.6. The number of nitrogens with two attached hydrogens (primary N) is 1. The van der Waals surface area contributed by atoms with Gasteiger partial charge in [-0.15, -0.1) is 0 Å². The molecule has 2 N–H and O–H groups in total. The molecule has 4 heteroatoms. The lowest BCUT2D eigenvalue weighted by molar-refractivity contribution is 0.180. The lowest BCUT2D eigenvalue weighted by atomic mass is 10.1. The molecule has 1 aromatic rings. The van der Waals surface area contributed by atoms with Crippen LogP contribution in [0.1, 0.15) is 37.8 Å². The molecule has 1 aliphatic rings. The number of nitrogens with zero attached hydrogens (tertiary/aromatic N) is 1. The Morgan fingerprint density at radius 2 is 1.95 bits per heavy atom. The predicted molar refractivity (Wildman–Crippen MR) is 81.4 cm³/mol. The van der Waals surface area contributed by atoms with Crippen LogP contribution in [0.15, 0.2) is 18.2 Å². The molecule has 1 aliphatic heterocycles. The van der Waals surface area contributed by atoms with E-state index in [0.717, 1.165) is 23.6 Å². The van der Waals surface area contributed by atoms with Gasteiger partial charge in [0.2, 0.25) is 0 Å². The van der Waals surface area contributed by atoms with E-state index in [2.05, 4.69) is 4.90 Å². The highest BCUT2D eigenvalue weighted by atomic mass is 16.5. The van der Waals surface area contributed by atoms with E-state index in [0.29, 0.717) is 6.61 Å². The Morgan fingerprint density at radius 3 is 2.60 bits per heavy atom. The number of likely N-dealkylation sites (tertiary alicyclic amines) is 1. The first-order valence-corrected chi connectivity index (χ1v) is 7.49. The quantitative estimate of drug-likeness (QED) is 0.869. The number of ether oxygens (including phenoxy) is 2. The molecule has 1 fully saturated rings. The first kappa shape index (κ1) is 15.1. The first-order valence-electron chi connectivity index (χ1n) is 7.49. The smallest absolute Gasteiger partial charge is 0.161 e. The predicted octanol–water partition coefficient (Wildman–Crippen LogP) is 2.58. The molecule has 0 aromatic heterocycles. The van der Waals surface area contributed by atoms with Gasteiger partial charge in [-0.3, -0.25) is 4.90 Å². The molecule has 0 amide bonds. The van der Waals surface area contributed by atoms with Crippen molar-refractivity contribution >= 4 is 0 Å². The Bertz CT molecular complexity index is 415. The van der Waals surface area contributed by atoms with Gasteiger partial charge in [0, 0.05) is 12.6 Å². The Balaban J connectivity index is 1.88. The van der Waals surface area contributed by atoms with Crippen LogP contribution in [0.2, 0.25) is 0 Å². The van der Waals surface area contributed by atoms with E-state index >= 15 is 0 Å². The average Bonchev–Trinajstić information content (AvgIpc) is 2.48. The van der Waals surface area contributed by atoms with Crippen LogP contribution in [-0.4, -0.2) is 38.3 Å². The van der Waals surface area contributed by atoms with Crippen LogP contribution < -0.4 is 15.2 Å². The largest absolute Gasteiger partial charge is 0.493 e. The second-order valence-electron chi connectivity index (χ2n) is 5.45. The van der Waals surface area contributed by atoms with Crippen LogP contribution in [0, 0.1) is 0 Å². The summed E-state index contributed by atoms with van der Waals surface area (Å²) in [5.74, 6) is 1.56.